The van der Waals surface area contributed by atoms with Gasteiger partial charge < -0.3 is 5.11 Å². The number of phenolic OH excluding ortho intramolecular Hbond substituents is 1. The fourth-order valence-corrected chi connectivity index (χ4v) is 6.25. The number of phenols is 1. The highest BCUT2D eigenvalue weighted by Gasteiger charge is 2.56. The molecule has 4 aliphatic rings. The molecule has 1 aromatic rings. The number of fused-ring (bicyclic) bond motifs is 3. The van der Waals surface area contributed by atoms with E-state index in [-0.39, 0.29) is 46.0 Å². The number of likely N-dealkylation sites (tertiary alicyclic amines) is 1. The zero-order valence-electron chi connectivity index (χ0n) is 17.5. The average molecular weight is 496 g/mol. The van der Waals surface area contributed by atoms with Gasteiger partial charge in [0.05, 0.1) is 16.3 Å². The molecule has 0 aromatic heterocycles. The third kappa shape index (κ3) is 2.90. The number of Topliss-reactive ketones (excluding diaryl/α,β-unsaturated/α-hetero) is 1. The summed E-state index contributed by atoms with van der Waals surface area (Å²) in [5.41, 5.74) is 2.11. The Morgan fingerprint density at radius 2 is 1.84 bits per heavy atom. The Hall–Kier alpha value is -2.80. The number of carbonyl (C=O) groups is 4. The molecule has 0 radical (unpaired) electrons. The second-order valence-corrected chi connectivity index (χ2v) is 9.63. The number of rotatable bonds is 3. The minimum absolute atomic E-state index is 0.0309. The third-order valence-corrected chi connectivity index (χ3v) is 7.71. The number of para-hydroxylation sites is 1. The van der Waals surface area contributed by atoms with Crippen LogP contribution >= 0.6 is 15.9 Å². The van der Waals surface area contributed by atoms with Crippen molar-refractivity contribution in [3.05, 3.63) is 63.2 Å². The van der Waals surface area contributed by atoms with Crippen LogP contribution in [0.3, 0.4) is 0 Å². The molecular weight excluding hydrogens is 474 g/mol. The molecule has 32 heavy (non-hydrogen) atoms. The van der Waals surface area contributed by atoms with E-state index in [2.05, 4.69) is 15.9 Å². The summed E-state index contributed by atoms with van der Waals surface area (Å²) in [5, 5.41) is 10.6. The zero-order chi connectivity index (χ0) is 22.7. The van der Waals surface area contributed by atoms with Gasteiger partial charge in [-0.25, -0.2) is 0 Å². The first-order valence-corrected chi connectivity index (χ1v) is 11.7. The Kier molecular flexibility index (Phi) is 5.04. The highest BCUT2D eigenvalue weighted by Crippen LogP contribution is 2.56. The van der Waals surface area contributed by atoms with Crippen LogP contribution in [0.1, 0.15) is 37.7 Å². The first-order chi connectivity index (χ1) is 15.3. The van der Waals surface area contributed by atoms with Gasteiger partial charge in [0.15, 0.2) is 11.6 Å². The lowest BCUT2D eigenvalue weighted by atomic mass is 9.59. The second-order valence-electron chi connectivity index (χ2n) is 8.78. The smallest absolute Gasteiger partial charge is 0.233 e. The Morgan fingerprint density at radius 3 is 2.56 bits per heavy atom. The number of carbonyl (C=O) groups excluding carboxylic acids is 4. The summed E-state index contributed by atoms with van der Waals surface area (Å²) in [6.07, 6.45) is 4.57. The molecule has 164 valence electrons. The van der Waals surface area contributed by atoms with E-state index < -0.39 is 17.8 Å². The molecule has 4 atom stereocenters. The lowest BCUT2D eigenvalue weighted by molar-refractivity contribution is -0.140. The largest absolute Gasteiger partial charge is 0.508 e. The molecule has 3 aliphatic carbocycles. The van der Waals surface area contributed by atoms with Crippen LogP contribution in [0.2, 0.25) is 0 Å². The summed E-state index contributed by atoms with van der Waals surface area (Å²) in [4.78, 5) is 53.8. The third-order valence-electron chi connectivity index (χ3n) is 7.12. The minimum atomic E-state index is -0.623. The minimum Gasteiger partial charge on any atom is -0.508 e. The molecule has 1 aliphatic heterocycles. The number of ketones is 2. The Bertz CT molecular complexity index is 1180. The van der Waals surface area contributed by atoms with E-state index in [4.69, 9.17) is 0 Å². The molecule has 7 heteroatoms. The van der Waals surface area contributed by atoms with E-state index >= 15 is 0 Å². The van der Waals surface area contributed by atoms with Crippen molar-refractivity contribution in [1.29, 1.82) is 0 Å². The molecule has 0 bridgehead atoms. The van der Waals surface area contributed by atoms with E-state index in [1.54, 1.807) is 24.3 Å². The Morgan fingerprint density at radius 1 is 1.09 bits per heavy atom. The molecule has 0 spiro atoms. The van der Waals surface area contributed by atoms with Crippen LogP contribution in [0.5, 0.6) is 5.75 Å². The van der Waals surface area contributed by atoms with E-state index in [0.29, 0.717) is 36.1 Å². The number of allylic oxidation sites excluding steroid dienone is 6. The summed E-state index contributed by atoms with van der Waals surface area (Å²) >= 11 is 3.21. The number of benzene rings is 1. The van der Waals surface area contributed by atoms with Gasteiger partial charge in [0.2, 0.25) is 11.8 Å². The van der Waals surface area contributed by atoms with Crippen LogP contribution in [-0.2, 0) is 19.2 Å². The van der Waals surface area contributed by atoms with Crippen molar-refractivity contribution in [2.75, 3.05) is 6.54 Å². The SMILES string of the molecule is CCCN1C(=O)C2CC=C3C(c4ccccc4O)C4=C(CC3C2C1=O)C(=O)C(Br)=CC4=O. The average Bonchev–Trinajstić information content (AvgIpc) is 3.02. The van der Waals surface area contributed by atoms with Crippen molar-refractivity contribution in [3.8, 4) is 5.75 Å². The van der Waals surface area contributed by atoms with Gasteiger partial charge in [0.25, 0.3) is 0 Å². The summed E-state index contributed by atoms with van der Waals surface area (Å²) in [5.74, 6) is -2.85. The Labute approximate surface area is 193 Å². The van der Waals surface area contributed by atoms with Crippen LogP contribution in [0.25, 0.3) is 0 Å². The van der Waals surface area contributed by atoms with Crippen LogP contribution < -0.4 is 0 Å². The van der Waals surface area contributed by atoms with Crippen LogP contribution in [0.15, 0.2) is 57.6 Å². The van der Waals surface area contributed by atoms with Crippen LogP contribution in [0.4, 0.5) is 0 Å². The monoisotopic (exact) mass is 495 g/mol. The predicted molar refractivity (Wildman–Crippen MR) is 120 cm³/mol. The molecule has 1 N–H and O–H groups in total. The van der Waals surface area contributed by atoms with Crippen molar-refractivity contribution in [2.45, 2.75) is 32.1 Å². The van der Waals surface area contributed by atoms with Gasteiger partial charge in [-0.15, -0.1) is 0 Å². The molecule has 1 heterocycles. The van der Waals surface area contributed by atoms with E-state index in [1.165, 1.54) is 11.0 Å². The normalized spacial score (nSPS) is 29.5. The molecule has 2 amide bonds. The standard InChI is InChI=1S/C25H22BrNO5/c1-2-9-27-24(31)14-8-7-12-15(21(14)25(27)32)10-16-22(19(29)11-17(26)23(16)30)20(12)13-5-3-4-6-18(13)28/h3-7,11,14-15,20-21,28H,2,8-10H2,1H3. The van der Waals surface area contributed by atoms with Gasteiger partial charge in [-0.05, 0) is 47.2 Å². The number of imide groups is 1. The van der Waals surface area contributed by atoms with Gasteiger partial charge in [-0.3, -0.25) is 24.1 Å². The van der Waals surface area contributed by atoms with Gasteiger partial charge >= 0.3 is 0 Å². The van der Waals surface area contributed by atoms with Crippen molar-refractivity contribution in [1.82, 2.24) is 4.90 Å². The summed E-state index contributed by atoms with van der Waals surface area (Å²) in [7, 11) is 0. The maximum atomic E-state index is 13.3. The molecule has 6 nitrogen and oxygen atoms in total. The van der Waals surface area contributed by atoms with Gasteiger partial charge in [0, 0.05) is 35.2 Å². The van der Waals surface area contributed by atoms with Gasteiger partial charge in [-0.1, -0.05) is 36.8 Å². The zero-order valence-corrected chi connectivity index (χ0v) is 19.1. The second kappa shape index (κ2) is 7.66. The lowest BCUT2D eigenvalue weighted by Crippen LogP contribution is -2.39. The van der Waals surface area contributed by atoms with Gasteiger partial charge in [0.1, 0.15) is 5.75 Å². The quantitative estimate of drug-likeness (QED) is 0.393. The molecular formula is C25H22BrNO5. The number of hydrogen-bond acceptors (Lipinski definition) is 5. The van der Waals surface area contributed by atoms with Crippen molar-refractivity contribution >= 4 is 39.3 Å². The molecule has 1 aromatic carbocycles. The highest BCUT2D eigenvalue weighted by molar-refractivity contribution is 9.12. The number of nitrogens with zero attached hydrogens (tertiary/aromatic N) is 1. The molecule has 1 saturated heterocycles. The molecule has 1 fully saturated rings. The Balaban J connectivity index is 1.69. The number of amides is 2. The van der Waals surface area contributed by atoms with E-state index in [9.17, 15) is 24.3 Å². The predicted octanol–water partition coefficient (Wildman–Crippen LogP) is 3.56. The van der Waals surface area contributed by atoms with Gasteiger partial charge in [-0.2, -0.15) is 0 Å². The number of hydrogen-bond donors (Lipinski definition) is 1. The molecule has 0 saturated carbocycles. The maximum absolute atomic E-state index is 13.3. The number of halogens is 1. The fraction of sp³-hybridized carbons (Fsp3) is 0.360. The highest BCUT2D eigenvalue weighted by atomic mass is 79.9. The van der Waals surface area contributed by atoms with Crippen molar-refractivity contribution in [3.63, 3.8) is 0 Å². The maximum Gasteiger partial charge on any atom is 0.233 e. The van der Waals surface area contributed by atoms with E-state index in [1.807, 2.05) is 13.0 Å². The topological polar surface area (TPSA) is 91.8 Å². The van der Waals surface area contributed by atoms with E-state index in [0.717, 1.165) is 5.57 Å². The molecule has 4 unspecified atom stereocenters. The summed E-state index contributed by atoms with van der Waals surface area (Å²) in [6, 6.07) is 6.78. The fourth-order valence-electron chi connectivity index (χ4n) is 5.80. The lowest BCUT2D eigenvalue weighted by Gasteiger charge is -2.42. The van der Waals surface area contributed by atoms with Crippen LogP contribution in [-0.4, -0.2) is 39.9 Å². The first-order valence-electron chi connectivity index (χ1n) is 10.9. The van der Waals surface area contributed by atoms with Crippen LogP contribution in [0, 0.1) is 17.8 Å². The first kappa shape index (κ1) is 21.1. The van der Waals surface area contributed by atoms with Crippen molar-refractivity contribution in [2.24, 2.45) is 17.8 Å². The van der Waals surface area contributed by atoms with Crippen molar-refractivity contribution < 1.29 is 24.3 Å². The summed E-state index contributed by atoms with van der Waals surface area (Å²) in [6.45, 7) is 2.31. The summed E-state index contributed by atoms with van der Waals surface area (Å²) < 4.78 is 0.193. The molecule has 5 rings (SSSR count). The number of aromatic hydroxyl groups is 1.